The largest absolute Gasteiger partial charge is 0.380 e. The fourth-order valence-corrected chi connectivity index (χ4v) is 3.78. The zero-order valence-corrected chi connectivity index (χ0v) is 12.1. The van der Waals surface area contributed by atoms with Crippen LogP contribution >= 0.6 is 27.3 Å². The summed E-state index contributed by atoms with van der Waals surface area (Å²) in [7, 11) is 0. The molecule has 0 amide bonds. The molecule has 90 valence electrons. The topological polar surface area (TPSA) is 20.2 Å². The van der Waals surface area contributed by atoms with Gasteiger partial charge in [-0.3, -0.25) is 0 Å². The minimum Gasteiger partial charge on any atom is -0.380 e. The lowest BCUT2D eigenvalue weighted by molar-refractivity contribution is 0.0699. The van der Waals surface area contributed by atoms with Crippen molar-refractivity contribution in [2.75, 3.05) is 0 Å². The number of benzene rings is 1. The van der Waals surface area contributed by atoms with E-state index in [-0.39, 0.29) is 0 Å². The summed E-state index contributed by atoms with van der Waals surface area (Å²) in [5.74, 6) is 0. The SMILES string of the molecule is CCCC(O)(c1ccccc1)c1cscc1Br. The molecule has 1 N–H and O–H groups in total. The third-order valence-electron chi connectivity index (χ3n) is 2.92. The number of hydrogen-bond donors (Lipinski definition) is 1. The third-order valence-corrected chi connectivity index (χ3v) is 4.63. The molecule has 0 bridgehead atoms. The first-order valence-corrected chi connectivity index (χ1v) is 7.42. The molecular weight excluding hydrogens is 296 g/mol. The normalized spacial score (nSPS) is 14.5. The van der Waals surface area contributed by atoms with E-state index < -0.39 is 5.60 Å². The molecule has 1 unspecified atom stereocenters. The Labute approximate surface area is 114 Å². The van der Waals surface area contributed by atoms with Crippen molar-refractivity contribution in [1.29, 1.82) is 0 Å². The van der Waals surface area contributed by atoms with Crippen LogP contribution in [0.1, 0.15) is 30.9 Å². The molecule has 0 aliphatic carbocycles. The molecule has 0 aliphatic heterocycles. The fourth-order valence-electron chi connectivity index (χ4n) is 2.09. The summed E-state index contributed by atoms with van der Waals surface area (Å²) in [5, 5.41) is 15.0. The van der Waals surface area contributed by atoms with Crippen molar-refractivity contribution in [3.05, 3.63) is 56.7 Å². The predicted molar refractivity (Wildman–Crippen MR) is 76.4 cm³/mol. The molecule has 0 fully saturated rings. The van der Waals surface area contributed by atoms with Gasteiger partial charge in [-0.2, -0.15) is 11.3 Å². The van der Waals surface area contributed by atoms with E-state index in [1.807, 2.05) is 41.1 Å². The fraction of sp³-hybridized carbons (Fsp3) is 0.286. The molecule has 0 saturated heterocycles. The van der Waals surface area contributed by atoms with E-state index in [0.29, 0.717) is 0 Å². The van der Waals surface area contributed by atoms with E-state index in [1.54, 1.807) is 11.3 Å². The van der Waals surface area contributed by atoms with E-state index in [9.17, 15) is 5.11 Å². The molecule has 1 atom stereocenters. The highest BCUT2D eigenvalue weighted by Crippen LogP contribution is 2.39. The van der Waals surface area contributed by atoms with Gasteiger partial charge >= 0.3 is 0 Å². The Morgan fingerprint density at radius 3 is 2.47 bits per heavy atom. The van der Waals surface area contributed by atoms with Crippen LogP contribution in [-0.4, -0.2) is 5.11 Å². The molecule has 17 heavy (non-hydrogen) atoms. The lowest BCUT2D eigenvalue weighted by Crippen LogP contribution is -2.26. The van der Waals surface area contributed by atoms with E-state index in [2.05, 4.69) is 22.9 Å². The molecule has 0 spiro atoms. The van der Waals surface area contributed by atoms with E-state index in [0.717, 1.165) is 28.4 Å². The number of hydrogen-bond acceptors (Lipinski definition) is 2. The summed E-state index contributed by atoms with van der Waals surface area (Å²) in [6, 6.07) is 9.88. The smallest absolute Gasteiger partial charge is 0.116 e. The molecule has 0 radical (unpaired) electrons. The molecule has 2 rings (SSSR count). The van der Waals surface area contributed by atoms with Gasteiger partial charge in [-0.05, 0) is 33.3 Å². The van der Waals surface area contributed by atoms with E-state index >= 15 is 0 Å². The van der Waals surface area contributed by atoms with Crippen molar-refractivity contribution in [3.8, 4) is 0 Å². The van der Waals surface area contributed by atoms with Gasteiger partial charge in [-0.15, -0.1) is 0 Å². The van der Waals surface area contributed by atoms with Crippen LogP contribution in [0.4, 0.5) is 0 Å². The standard InChI is InChI=1S/C14H15BrOS/c1-2-8-14(16,11-6-4-3-5-7-11)12-9-17-10-13(12)15/h3-7,9-10,16H,2,8H2,1H3. The van der Waals surface area contributed by atoms with Gasteiger partial charge in [-0.1, -0.05) is 43.7 Å². The van der Waals surface area contributed by atoms with Crippen LogP contribution in [0.5, 0.6) is 0 Å². The Bertz CT molecular complexity index is 480. The summed E-state index contributed by atoms with van der Waals surface area (Å²) in [4.78, 5) is 0. The minimum atomic E-state index is -0.880. The Balaban J connectivity index is 2.50. The van der Waals surface area contributed by atoms with Crippen LogP contribution in [0.15, 0.2) is 45.6 Å². The molecule has 3 heteroatoms. The average molecular weight is 311 g/mol. The second-order valence-corrected chi connectivity index (χ2v) is 5.71. The monoisotopic (exact) mass is 310 g/mol. The van der Waals surface area contributed by atoms with Crippen LogP contribution in [0, 0.1) is 0 Å². The number of aliphatic hydroxyl groups is 1. The van der Waals surface area contributed by atoms with Crippen LogP contribution in [0.3, 0.4) is 0 Å². The molecule has 1 aromatic heterocycles. The van der Waals surface area contributed by atoms with Gasteiger partial charge < -0.3 is 5.11 Å². The maximum absolute atomic E-state index is 11.0. The number of halogens is 1. The maximum Gasteiger partial charge on any atom is 0.116 e. The lowest BCUT2D eigenvalue weighted by atomic mass is 9.84. The predicted octanol–water partition coefficient (Wildman–Crippen LogP) is 4.55. The number of thiophene rings is 1. The van der Waals surface area contributed by atoms with Crippen molar-refractivity contribution in [2.45, 2.75) is 25.4 Å². The van der Waals surface area contributed by atoms with E-state index in [1.165, 1.54) is 0 Å². The maximum atomic E-state index is 11.0. The highest BCUT2D eigenvalue weighted by Gasteiger charge is 2.32. The minimum absolute atomic E-state index is 0.729. The average Bonchev–Trinajstić information content (AvgIpc) is 2.77. The lowest BCUT2D eigenvalue weighted by Gasteiger charge is -2.28. The first-order chi connectivity index (χ1) is 8.18. The van der Waals surface area contributed by atoms with Crippen LogP contribution in [0.2, 0.25) is 0 Å². The van der Waals surface area contributed by atoms with E-state index in [4.69, 9.17) is 0 Å². The van der Waals surface area contributed by atoms with Crippen LogP contribution < -0.4 is 0 Å². The van der Waals surface area contributed by atoms with Crippen molar-refractivity contribution in [3.63, 3.8) is 0 Å². The molecule has 0 aliphatic rings. The van der Waals surface area contributed by atoms with Gasteiger partial charge in [0.25, 0.3) is 0 Å². The summed E-state index contributed by atoms with van der Waals surface area (Å²) < 4.78 is 0.988. The highest BCUT2D eigenvalue weighted by atomic mass is 79.9. The molecule has 1 aromatic carbocycles. The summed E-state index contributed by atoms with van der Waals surface area (Å²) in [5.41, 5.74) is 1.05. The Morgan fingerprint density at radius 2 is 1.94 bits per heavy atom. The number of rotatable bonds is 4. The summed E-state index contributed by atoms with van der Waals surface area (Å²) in [6.07, 6.45) is 1.67. The summed E-state index contributed by atoms with van der Waals surface area (Å²) >= 11 is 5.13. The van der Waals surface area contributed by atoms with Gasteiger partial charge in [-0.25, -0.2) is 0 Å². The van der Waals surface area contributed by atoms with Crippen molar-refractivity contribution >= 4 is 27.3 Å². The summed E-state index contributed by atoms with van der Waals surface area (Å²) in [6.45, 7) is 2.09. The molecule has 2 aromatic rings. The molecular formula is C14H15BrOS. The van der Waals surface area contributed by atoms with Gasteiger partial charge in [0.05, 0.1) is 0 Å². The van der Waals surface area contributed by atoms with Crippen molar-refractivity contribution in [2.24, 2.45) is 0 Å². The third kappa shape index (κ3) is 2.46. The Kier molecular flexibility index (Phi) is 4.02. The van der Waals surface area contributed by atoms with Crippen molar-refractivity contribution in [1.82, 2.24) is 0 Å². The second kappa shape index (κ2) is 5.34. The zero-order valence-electron chi connectivity index (χ0n) is 9.69. The van der Waals surface area contributed by atoms with Gasteiger partial charge in [0.1, 0.15) is 5.60 Å². The molecule has 0 saturated carbocycles. The van der Waals surface area contributed by atoms with Crippen LogP contribution in [0.25, 0.3) is 0 Å². The Hall–Kier alpha value is -0.640. The van der Waals surface area contributed by atoms with Gasteiger partial charge in [0.2, 0.25) is 0 Å². The van der Waals surface area contributed by atoms with Gasteiger partial charge in [0.15, 0.2) is 0 Å². The zero-order chi connectivity index (χ0) is 12.3. The van der Waals surface area contributed by atoms with Gasteiger partial charge in [0, 0.05) is 15.4 Å². The molecule has 1 nitrogen and oxygen atoms in total. The quantitative estimate of drug-likeness (QED) is 0.878. The first kappa shape index (κ1) is 12.8. The highest BCUT2D eigenvalue weighted by molar-refractivity contribution is 9.10. The Morgan fingerprint density at radius 1 is 1.24 bits per heavy atom. The molecule has 1 heterocycles. The second-order valence-electron chi connectivity index (χ2n) is 4.11. The first-order valence-electron chi connectivity index (χ1n) is 5.68. The van der Waals surface area contributed by atoms with Crippen molar-refractivity contribution < 1.29 is 5.11 Å². The van der Waals surface area contributed by atoms with Crippen LogP contribution in [-0.2, 0) is 5.60 Å².